The van der Waals surface area contributed by atoms with Gasteiger partial charge < -0.3 is 10.0 Å². The van der Waals surface area contributed by atoms with Crippen LogP contribution in [0.15, 0.2) is 34.6 Å². The van der Waals surface area contributed by atoms with Crippen molar-refractivity contribution in [2.75, 3.05) is 29.6 Å². The second-order valence-corrected chi connectivity index (χ2v) is 16.5. The smallest absolute Gasteiger partial charge is 0.234 e. The van der Waals surface area contributed by atoms with Crippen LogP contribution in [-0.4, -0.2) is 44.7 Å². The van der Waals surface area contributed by atoms with Crippen molar-refractivity contribution in [1.82, 2.24) is 15.0 Å². The van der Waals surface area contributed by atoms with Gasteiger partial charge in [-0.3, -0.25) is 0 Å². The minimum atomic E-state index is 0.0169. The molecule has 1 unspecified atom stereocenters. The predicted molar refractivity (Wildman–Crippen MR) is 195 cm³/mol. The lowest BCUT2D eigenvalue weighted by Crippen LogP contribution is -2.30. The zero-order chi connectivity index (χ0) is 32.4. The molecule has 0 fully saturated rings. The Morgan fingerprint density at radius 2 is 1.25 bits per heavy atom. The number of benzene rings is 1. The van der Waals surface area contributed by atoms with Crippen molar-refractivity contribution in [2.45, 2.75) is 155 Å². The molecule has 2 rings (SSSR count). The van der Waals surface area contributed by atoms with Crippen LogP contribution in [0.2, 0.25) is 0 Å². The van der Waals surface area contributed by atoms with Gasteiger partial charge in [0.1, 0.15) is 0 Å². The van der Waals surface area contributed by atoms with Gasteiger partial charge in [-0.25, -0.2) is 0 Å². The van der Waals surface area contributed by atoms with Crippen LogP contribution in [0.4, 0.5) is 11.6 Å². The van der Waals surface area contributed by atoms with Crippen LogP contribution < -0.4 is 4.90 Å². The molecule has 0 spiro atoms. The molecular formula is C37H64N4OS2. The number of aliphatic hydroxyl groups excluding tert-OH is 1. The Bertz CT molecular complexity index is 1010. The Morgan fingerprint density at radius 3 is 1.73 bits per heavy atom. The zero-order valence-electron chi connectivity index (χ0n) is 29.5. The molecule has 0 bridgehead atoms. The van der Waals surface area contributed by atoms with E-state index in [1.54, 1.807) is 23.5 Å². The number of hydrogen-bond acceptors (Lipinski definition) is 7. The molecule has 1 aromatic carbocycles. The molecule has 5 nitrogen and oxygen atoms in total. The van der Waals surface area contributed by atoms with Crippen LogP contribution in [0.3, 0.4) is 0 Å². The molecular weight excluding hydrogens is 581 g/mol. The van der Waals surface area contributed by atoms with E-state index in [1.807, 2.05) is 0 Å². The predicted octanol–water partition coefficient (Wildman–Crippen LogP) is 11.3. The quantitative estimate of drug-likeness (QED) is 0.101. The highest BCUT2D eigenvalue weighted by atomic mass is 32.2. The average Bonchev–Trinajstić information content (AvgIpc) is 2.97. The van der Waals surface area contributed by atoms with Gasteiger partial charge in [0.2, 0.25) is 5.95 Å². The number of thioether (sulfide) groups is 2. The fourth-order valence-corrected chi connectivity index (χ4v) is 6.95. The summed E-state index contributed by atoms with van der Waals surface area (Å²) in [5.41, 5.74) is 2.45. The number of hydrogen-bond donors (Lipinski definition) is 1. The number of aromatic nitrogens is 3. The molecule has 0 aliphatic rings. The van der Waals surface area contributed by atoms with Crippen molar-refractivity contribution in [3.63, 3.8) is 0 Å². The Morgan fingerprint density at radius 1 is 0.727 bits per heavy atom. The molecule has 0 saturated heterocycles. The third-order valence-electron chi connectivity index (χ3n) is 8.45. The summed E-state index contributed by atoms with van der Waals surface area (Å²) in [5, 5.41) is 11.9. The van der Waals surface area contributed by atoms with Crippen molar-refractivity contribution < 1.29 is 5.11 Å². The maximum atomic E-state index is 10.3. The zero-order valence-corrected chi connectivity index (χ0v) is 31.1. The summed E-state index contributed by atoms with van der Waals surface area (Å²) in [6, 6.07) is 8.83. The standard InChI is InChI=1S/C37H64N4OS2/c1-9-11-13-15-17-19-26-43-34-38-33(39-35(40-34)44-27-20-18-16-14-12-10-2)41(25-24-31(29-42)37(6,7)8)32-23-21-22-30(28-32)36(3,4)5/h21-23,28,31,42H,9-20,24-27,29H2,1-8H3. The summed E-state index contributed by atoms with van der Waals surface area (Å²) >= 11 is 3.55. The van der Waals surface area contributed by atoms with Gasteiger partial charge in [-0.2, -0.15) is 15.0 Å². The Balaban J connectivity index is 2.35. The van der Waals surface area contributed by atoms with Gasteiger partial charge in [-0.05, 0) is 53.7 Å². The van der Waals surface area contributed by atoms with Gasteiger partial charge in [0, 0.05) is 30.3 Å². The highest BCUT2D eigenvalue weighted by molar-refractivity contribution is 7.99. The first-order valence-electron chi connectivity index (χ1n) is 17.5. The number of nitrogens with zero attached hydrogens (tertiary/aromatic N) is 4. The molecule has 0 aliphatic carbocycles. The monoisotopic (exact) mass is 644 g/mol. The number of rotatable bonds is 22. The summed E-state index contributed by atoms with van der Waals surface area (Å²) in [7, 11) is 0. The van der Waals surface area contributed by atoms with Crippen LogP contribution in [0.25, 0.3) is 0 Å². The third kappa shape index (κ3) is 14.9. The summed E-state index contributed by atoms with van der Waals surface area (Å²) in [6.07, 6.45) is 16.3. The third-order valence-corrected chi connectivity index (χ3v) is 10.3. The normalized spacial score (nSPS) is 12.9. The van der Waals surface area contributed by atoms with E-state index in [0.29, 0.717) is 0 Å². The fourth-order valence-electron chi connectivity index (χ4n) is 5.24. The van der Waals surface area contributed by atoms with E-state index in [9.17, 15) is 5.11 Å². The Kier molecular flexibility index (Phi) is 18.3. The Hall–Kier alpha value is -1.31. The summed E-state index contributed by atoms with van der Waals surface area (Å²) in [4.78, 5) is 17.4. The summed E-state index contributed by atoms with van der Waals surface area (Å²) in [5.74, 6) is 2.98. The summed E-state index contributed by atoms with van der Waals surface area (Å²) < 4.78 is 0. The minimum Gasteiger partial charge on any atom is -0.396 e. The van der Waals surface area contributed by atoms with Crippen molar-refractivity contribution in [3.05, 3.63) is 29.8 Å². The molecule has 44 heavy (non-hydrogen) atoms. The maximum absolute atomic E-state index is 10.3. The molecule has 0 aliphatic heterocycles. The molecule has 1 aromatic heterocycles. The average molecular weight is 645 g/mol. The number of aliphatic hydroxyl groups is 1. The highest BCUT2D eigenvalue weighted by Crippen LogP contribution is 2.34. The van der Waals surface area contributed by atoms with E-state index in [2.05, 4.69) is 84.6 Å². The number of anilines is 2. The first kappa shape index (κ1) is 38.9. The van der Waals surface area contributed by atoms with Crippen LogP contribution >= 0.6 is 23.5 Å². The van der Waals surface area contributed by atoms with Gasteiger partial charge >= 0.3 is 0 Å². The first-order chi connectivity index (χ1) is 21.0. The molecule has 1 atom stereocenters. The highest BCUT2D eigenvalue weighted by Gasteiger charge is 2.26. The van der Waals surface area contributed by atoms with Gasteiger partial charge in [0.25, 0.3) is 0 Å². The SMILES string of the molecule is CCCCCCCCSc1nc(SCCCCCCCC)nc(N(CCC(CO)C(C)(C)C)c2cccc(C(C)(C)C)c2)n1. The molecule has 250 valence electrons. The lowest BCUT2D eigenvalue weighted by molar-refractivity contribution is 0.125. The van der Waals surface area contributed by atoms with Gasteiger partial charge in [-0.15, -0.1) is 0 Å². The van der Waals surface area contributed by atoms with E-state index in [0.717, 1.165) is 46.4 Å². The Labute approximate surface area is 279 Å². The van der Waals surface area contributed by atoms with E-state index < -0.39 is 0 Å². The molecule has 0 radical (unpaired) electrons. The van der Waals surface area contributed by atoms with E-state index in [1.165, 1.54) is 82.6 Å². The molecule has 2 aromatic rings. The second-order valence-electron chi connectivity index (χ2n) is 14.4. The van der Waals surface area contributed by atoms with Crippen LogP contribution in [0.5, 0.6) is 0 Å². The van der Waals surface area contributed by atoms with Gasteiger partial charge in [0.15, 0.2) is 10.3 Å². The molecule has 1 N–H and O–H groups in total. The minimum absolute atomic E-state index is 0.0169. The van der Waals surface area contributed by atoms with Crippen LogP contribution in [-0.2, 0) is 5.41 Å². The van der Waals surface area contributed by atoms with Crippen molar-refractivity contribution in [1.29, 1.82) is 0 Å². The van der Waals surface area contributed by atoms with E-state index in [-0.39, 0.29) is 23.4 Å². The maximum Gasteiger partial charge on any atom is 0.234 e. The van der Waals surface area contributed by atoms with E-state index >= 15 is 0 Å². The van der Waals surface area contributed by atoms with E-state index in [4.69, 9.17) is 15.0 Å². The van der Waals surface area contributed by atoms with Crippen molar-refractivity contribution in [2.24, 2.45) is 11.3 Å². The topological polar surface area (TPSA) is 62.1 Å². The largest absolute Gasteiger partial charge is 0.396 e. The van der Waals surface area contributed by atoms with Crippen LogP contribution in [0, 0.1) is 11.3 Å². The van der Waals surface area contributed by atoms with Gasteiger partial charge in [0.05, 0.1) is 0 Å². The lowest BCUT2D eigenvalue weighted by atomic mass is 9.79. The lowest BCUT2D eigenvalue weighted by Gasteiger charge is -2.32. The first-order valence-corrected chi connectivity index (χ1v) is 19.5. The second kappa shape index (κ2) is 20.7. The summed E-state index contributed by atoms with van der Waals surface area (Å²) in [6.45, 7) is 18.9. The molecule has 1 heterocycles. The van der Waals surface area contributed by atoms with Crippen molar-refractivity contribution >= 4 is 35.2 Å². The number of unbranched alkanes of at least 4 members (excludes halogenated alkanes) is 10. The van der Waals surface area contributed by atoms with Crippen LogP contribution in [0.1, 0.15) is 144 Å². The van der Waals surface area contributed by atoms with Gasteiger partial charge in [-0.1, -0.05) is 155 Å². The molecule has 0 saturated carbocycles. The van der Waals surface area contributed by atoms with Crippen molar-refractivity contribution in [3.8, 4) is 0 Å². The fraction of sp³-hybridized carbons (Fsp3) is 0.757. The molecule has 7 heteroatoms. The molecule has 0 amide bonds.